The zero-order valence-electron chi connectivity index (χ0n) is 16.4. The van der Waals surface area contributed by atoms with Crippen molar-refractivity contribution in [2.45, 2.75) is 26.8 Å². The van der Waals surface area contributed by atoms with Crippen molar-refractivity contribution in [1.29, 1.82) is 0 Å². The molecule has 0 saturated carbocycles. The number of aromatic nitrogens is 1. The number of nitrogens with zero attached hydrogens (tertiary/aromatic N) is 3. The van der Waals surface area contributed by atoms with Gasteiger partial charge in [0.25, 0.3) is 0 Å². The van der Waals surface area contributed by atoms with Crippen LogP contribution in [0.2, 0.25) is 0 Å². The third kappa shape index (κ3) is 8.51. The van der Waals surface area contributed by atoms with Crippen molar-refractivity contribution in [2.75, 3.05) is 26.7 Å². The van der Waals surface area contributed by atoms with E-state index >= 15 is 0 Å². The summed E-state index contributed by atoms with van der Waals surface area (Å²) in [6, 6.07) is 5.95. The van der Waals surface area contributed by atoms with E-state index in [4.69, 9.17) is 0 Å². The Morgan fingerprint density at radius 1 is 1.29 bits per heavy atom. The molecule has 2 rings (SSSR count). The molecule has 1 amide bonds. The summed E-state index contributed by atoms with van der Waals surface area (Å²) in [5.74, 6) is 0.366. The van der Waals surface area contributed by atoms with Gasteiger partial charge in [0.1, 0.15) is 5.82 Å². The summed E-state index contributed by atoms with van der Waals surface area (Å²) in [6.45, 7) is 6.35. The number of hydrogen-bond acceptors (Lipinski definition) is 4. The molecule has 0 aliphatic rings. The maximum atomic E-state index is 12.9. The minimum Gasteiger partial charge on any atom is -0.357 e. The van der Waals surface area contributed by atoms with E-state index < -0.39 is 0 Å². The van der Waals surface area contributed by atoms with Gasteiger partial charge in [-0.3, -0.25) is 9.79 Å². The Bertz CT molecular complexity index is 766. The number of aliphatic imine (C=N–C) groups is 1. The Morgan fingerprint density at radius 2 is 2.00 bits per heavy atom. The normalized spacial score (nSPS) is 10.9. The van der Waals surface area contributed by atoms with Crippen LogP contribution in [-0.2, 0) is 17.8 Å². The van der Waals surface area contributed by atoms with Crippen molar-refractivity contribution >= 4 is 47.2 Å². The molecular weight excluding hydrogens is 492 g/mol. The number of thiazole rings is 1. The second-order valence-corrected chi connectivity index (χ2v) is 7.17. The number of carbonyl (C=O) groups excluding carboxylic acids is 1. The summed E-state index contributed by atoms with van der Waals surface area (Å²) < 4.78 is 12.9. The van der Waals surface area contributed by atoms with E-state index in [1.54, 1.807) is 23.5 Å². The van der Waals surface area contributed by atoms with Crippen LogP contribution in [0.3, 0.4) is 0 Å². The monoisotopic (exact) mass is 519 g/mol. The van der Waals surface area contributed by atoms with E-state index in [1.807, 2.05) is 31.2 Å². The number of guanidine groups is 1. The smallest absolute Gasteiger partial charge is 0.224 e. The summed E-state index contributed by atoms with van der Waals surface area (Å²) in [6.07, 6.45) is 0.229. The molecule has 1 aromatic heterocycles. The Hall–Kier alpha value is -1.75. The van der Waals surface area contributed by atoms with Gasteiger partial charge in [-0.2, -0.15) is 0 Å². The maximum Gasteiger partial charge on any atom is 0.224 e. The van der Waals surface area contributed by atoms with E-state index in [1.165, 1.54) is 12.1 Å². The van der Waals surface area contributed by atoms with Gasteiger partial charge in [-0.15, -0.1) is 35.3 Å². The van der Waals surface area contributed by atoms with Gasteiger partial charge in [-0.1, -0.05) is 12.1 Å². The highest BCUT2D eigenvalue weighted by Crippen LogP contribution is 2.09. The largest absolute Gasteiger partial charge is 0.357 e. The molecule has 2 aromatic rings. The van der Waals surface area contributed by atoms with Crippen LogP contribution in [0.5, 0.6) is 0 Å². The first-order valence-electron chi connectivity index (χ1n) is 8.89. The summed E-state index contributed by atoms with van der Waals surface area (Å²) in [4.78, 5) is 23.0. The standard InChI is InChI=1S/C19H26FN5OS.HI/c1-4-21-19(25(3)12-17-13-27-14(2)24-17)23-10-9-22-18(26)11-15-5-7-16(20)8-6-15;/h5-8,13H,4,9-12H2,1-3H3,(H,21,23)(H,22,26);1H. The van der Waals surface area contributed by atoms with E-state index in [0.29, 0.717) is 19.6 Å². The molecule has 9 heteroatoms. The maximum absolute atomic E-state index is 12.9. The molecule has 0 fully saturated rings. The first kappa shape index (κ1) is 24.3. The predicted molar refractivity (Wildman–Crippen MR) is 123 cm³/mol. The van der Waals surface area contributed by atoms with Gasteiger partial charge in [0.2, 0.25) is 5.91 Å². The Labute approximate surface area is 186 Å². The van der Waals surface area contributed by atoms with Gasteiger partial charge in [0.05, 0.1) is 30.2 Å². The minimum atomic E-state index is -0.304. The highest BCUT2D eigenvalue weighted by Gasteiger charge is 2.09. The Morgan fingerprint density at radius 3 is 2.61 bits per heavy atom. The highest BCUT2D eigenvalue weighted by atomic mass is 127. The highest BCUT2D eigenvalue weighted by molar-refractivity contribution is 14.0. The summed E-state index contributed by atoms with van der Waals surface area (Å²) in [7, 11) is 1.96. The molecule has 28 heavy (non-hydrogen) atoms. The molecule has 154 valence electrons. The average molecular weight is 519 g/mol. The van der Waals surface area contributed by atoms with Gasteiger partial charge < -0.3 is 15.5 Å². The van der Waals surface area contributed by atoms with Crippen LogP contribution in [0.15, 0.2) is 34.6 Å². The fourth-order valence-corrected chi connectivity index (χ4v) is 3.08. The van der Waals surface area contributed by atoms with E-state index in [0.717, 1.165) is 28.8 Å². The van der Waals surface area contributed by atoms with Gasteiger partial charge in [0, 0.05) is 25.5 Å². The molecular formula is C19H27FIN5OS. The molecule has 0 aliphatic carbocycles. The third-order valence-electron chi connectivity index (χ3n) is 3.74. The first-order chi connectivity index (χ1) is 13.0. The number of rotatable bonds is 8. The summed E-state index contributed by atoms with van der Waals surface area (Å²) in [5.41, 5.74) is 1.79. The molecule has 0 atom stereocenters. The van der Waals surface area contributed by atoms with Gasteiger partial charge in [-0.25, -0.2) is 9.37 Å². The van der Waals surface area contributed by atoms with Crippen LogP contribution in [-0.4, -0.2) is 48.4 Å². The van der Waals surface area contributed by atoms with Crippen LogP contribution in [0.4, 0.5) is 4.39 Å². The molecule has 0 radical (unpaired) electrons. The summed E-state index contributed by atoms with van der Waals surface area (Å²) >= 11 is 1.63. The lowest BCUT2D eigenvalue weighted by Crippen LogP contribution is -2.39. The molecule has 0 bridgehead atoms. The van der Waals surface area contributed by atoms with Crippen molar-refractivity contribution in [3.63, 3.8) is 0 Å². The number of aryl methyl sites for hydroxylation is 1. The van der Waals surface area contributed by atoms with Crippen LogP contribution >= 0.6 is 35.3 Å². The quantitative estimate of drug-likeness (QED) is 0.244. The van der Waals surface area contributed by atoms with Crippen molar-refractivity contribution in [3.8, 4) is 0 Å². The fourth-order valence-electron chi connectivity index (χ4n) is 2.48. The average Bonchev–Trinajstić information content (AvgIpc) is 3.04. The zero-order valence-corrected chi connectivity index (χ0v) is 19.5. The number of nitrogens with one attached hydrogen (secondary N) is 2. The summed E-state index contributed by atoms with van der Waals surface area (Å²) in [5, 5.41) is 9.18. The Kier molecular flexibility index (Phi) is 11.0. The van der Waals surface area contributed by atoms with Gasteiger partial charge >= 0.3 is 0 Å². The second kappa shape index (κ2) is 12.7. The zero-order chi connectivity index (χ0) is 19.6. The van der Waals surface area contributed by atoms with Crippen LogP contribution in [0.25, 0.3) is 0 Å². The molecule has 0 unspecified atom stereocenters. The third-order valence-corrected chi connectivity index (χ3v) is 4.56. The molecule has 0 saturated heterocycles. The van der Waals surface area contributed by atoms with Crippen molar-refractivity contribution < 1.29 is 9.18 Å². The first-order valence-corrected chi connectivity index (χ1v) is 9.77. The molecule has 2 N–H and O–H groups in total. The molecule has 0 spiro atoms. The number of benzene rings is 1. The number of halogens is 2. The van der Waals surface area contributed by atoms with Crippen molar-refractivity contribution in [2.24, 2.45) is 4.99 Å². The number of carbonyl (C=O) groups is 1. The lowest BCUT2D eigenvalue weighted by atomic mass is 10.1. The second-order valence-electron chi connectivity index (χ2n) is 6.10. The molecule has 6 nitrogen and oxygen atoms in total. The Balaban J connectivity index is 0.00000392. The fraction of sp³-hybridized carbons (Fsp3) is 0.421. The molecule has 1 heterocycles. The topological polar surface area (TPSA) is 69.6 Å². The SMILES string of the molecule is CCNC(=NCCNC(=O)Cc1ccc(F)cc1)N(C)Cc1csc(C)n1.I. The van der Waals surface area contributed by atoms with E-state index in [-0.39, 0.29) is 42.1 Å². The molecule has 0 aliphatic heterocycles. The van der Waals surface area contributed by atoms with Gasteiger partial charge in [-0.05, 0) is 31.5 Å². The predicted octanol–water partition coefficient (Wildman–Crippen LogP) is 2.96. The van der Waals surface area contributed by atoms with Crippen LogP contribution in [0, 0.1) is 12.7 Å². The molecule has 1 aromatic carbocycles. The van der Waals surface area contributed by atoms with Gasteiger partial charge in [0.15, 0.2) is 5.96 Å². The van der Waals surface area contributed by atoms with E-state index in [9.17, 15) is 9.18 Å². The number of hydrogen-bond donors (Lipinski definition) is 2. The lowest BCUT2D eigenvalue weighted by molar-refractivity contribution is -0.120. The minimum absolute atomic E-state index is 0. The van der Waals surface area contributed by atoms with Crippen molar-refractivity contribution in [3.05, 3.63) is 51.7 Å². The van der Waals surface area contributed by atoms with Crippen molar-refractivity contribution in [1.82, 2.24) is 20.5 Å². The van der Waals surface area contributed by atoms with E-state index in [2.05, 4.69) is 20.6 Å². The van der Waals surface area contributed by atoms with Crippen LogP contribution < -0.4 is 10.6 Å². The lowest BCUT2D eigenvalue weighted by Gasteiger charge is -2.21. The number of amides is 1. The van der Waals surface area contributed by atoms with Crippen LogP contribution in [0.1, 0.15) is 23.2 Å².